The van der Waals surface area contributed by atoms with E-state index in [1.807, 2.05) is 26.8 Å². The molecule has 3 aromatic heterocycles. The van der Waals surface area contributed by atoms with Crippen LogP contribution in [0.2, 0.25) is 0 Å². The number of halogens is 3. The van der Waals surface area contributed by atoms with Gasteiger partial charge in [-0.15, -0.1) is 0 Å². The Labute approximate surface area is 194 Å². The summed E-state index contributed by atoms with van der Waals surface area (Å²) in [4.78, 5) is 36.4. The molecule has 1 aliphatic rings. The third kappa shape index (κ3) is 4.56. The Balaban J connectivity index is 1.83. The molecule has 3 aromatic rings. The number of carbonyl (C=O) groups is 1. The topological polar surface area (TPSA) is 102 Å². The summed E-state index contributed by atoms with van der Waals surface area (Å²) in [5, 5.41) is 0.102. The smallest absolute Gasteiger partial charge is 0.364 e. The zero-order valence-electron chi connectivity index (χ0n) is 19.3. The minimum atomic E-state index is -4.18. The average Bonchev–Trinajstić information content (AvgIpc) is 2.77. The van der Waals surface area contributed by atoms with Crippen molar-refractivity contribution in [2.75, 3.05) is 0 Å². The maximum atomic E-state index is 13.2. The predicted octanol–water partition coefficient (Wildman–Crippen LogP) is 5.22. The van der Waals surface area contributed by atoms with E-state index in [4.69, 9.17) is 5.73 Å². The summed E-state index contributed by atoms with van der Waals surface area (Å²) in [6, 6.07) is 4.91. The van der Waals surface area contributed by atoms with Crippen molar-refractivity contribution in [2.24, 2.45) is 11.7 Å². The van der Waals surface area contributed by atoms with Gasteiger partial charge in [-0.3, -0.25) is 19.6 Å². The van der Waals surface area contributed by atoms with Gasteiger partial charge in [0.1, 0.15) is 5.69 Å². The van der Waals surface area contributed by atoms with Gasteiger partial charge in [-0.1, -0.05) is 20.8 Å². The number of H-pyrrole nitrogens is 1. The largest absolute Gasteiger partial charge is 0.391 e. The van der Waals surface area contributed by atoms with Gasteiger partial charge in [-0.25, -0.2) is 0 Å². The quantitative estimate of drug-likeness (QED) is 0.546. The summed E-state index contributed by atoms with van der Waals surface area (Å²) in [6.07, 6.45) is -0.165. The predicted molar refractivity (Wildman–Crippen MR) is 124 cm³/mol. The maximum Gasteiger partial charge on any atom is 0.391 e. The molecule has 0 aliphatic heterocycles. The number of pyridine rings is 3. The molecule has 6 nitrogen and oxygen atoms in total. The number of nitrogens with two attached hydrogens (primary N) is 1. The Kier molecular flexibility index (Phi) is 5.99. The third-order valence-electron chi connectivity index (χ3n) is 6.60. The second-order valence-electron chi connectivity index (χ2n) is 9.99. The highest BCUT2D eigenvalue weighted by Crippen LogP contribution is 2.45. The zero-order valence-corrected chi connectivity index (χ0v) is 19.3. The van der Waals surface area contributed by atoms with Crippen LogP contribution in [0.1, 0.15) is 74.1 Å². The lowest BCUT2D eigenvalue weighted by Gasteiger charge is -2.32. The number of hydrogen-bond acceptors (Lipinski definition) is 4. The lowest BCUT2D eigenvalue weighted by atomic mass is 9.76. The minimum Gasteiger partial charge on any atom is -0.364 e. The number of nitrogens with one attached hydrogen (secondary N) is 1. The summed E-state index contributed by atoms with van der Waals surface area (Å²) in [5.74, 6) is -2.17. The van der Waals surface area contributed by atoms with Gasteiger partial charge in [0, 0.05) is 35.1 Å². The number of fused-ring (bicyclic) bond motifs is 1. The molecule has 0 atom stereocenters. The standard InChI is InChI=1S/C25H27F3N4O2/c1-24(2,3)20-10-15(13-4-6-14(7-5-13)25(26,27)28)16(12-31-20)18-11-19(33)21-17(32-18)8-9-30-22(21)23(29)34/h8-14H,4-7H2,1-3H3,(H2,29,34)(H,32,33). The van der Waals surface area contributed by atoms with E-state index in [1.54, 1.807) is 12.3 Å². The third-order valence-corrected chi connectivity index (χ3v) is 6.60. The van der Waals surface area contributed by atoms with Crippen molar-refractivity contribution in [3.8, 4) is 11.3 Å². The Hall–Kier alpha value is -3.23. The van der Waals surface area contributed by atoms with E-state index in [0.717, 1.165) is 11.3 Å². The maximum absolute atomic E-state index is 13.2. The van der Waals surface area contributed by atoms with Crippen LogP contribution < -0.4 is 11.2 Å². The molecule has 0 radical (unpaired) electrons. The Morgan fingerprint density at radius 2 is 1.76 bits per heavy atom. The SMILES string of the molecule is CC(C)(C)c1cc(C2CCC(C(F)(F)F)CC2)c(-c2cc(=O)c3c(C(N)=O)nccc3[nH]2)cn1. The van der Waals surface area contributed by atoms with Crippen molar-refractivity contribution < 1.29 is 18.0 Å². The van der Waals surface area contributed by atoms with Crippen molar-refractivity contribution in [1.29, 1.82) is 0 Å². The van der Waals surface area contributed by atoms with Crippen LogP contribution in [0.4, 0.5) is 13.2 Å². The second-order valence-corrected chi connectivity index (χ2v) is 9.99. The molecular weight excluding hydrogens is 445 g/mol. The first-order chi connectivity index (χ1) is 15.9. The summed E-state index contributed by atoms with van der Waals surface area (Å²) < 4.78 is 39.7. The molecule has 1 saturated carbocycles. The van der Waals surface area contributed by atoms with Gasteiger partial charge in [-0.2, -0.15) is 13.2 Å². The molecule has 0 spiro atoms. The number of primary amides is 1. The molecular formula is C25H27F3N4O2. The second kappa shape index (κ2) is 8.52. The Morgan fingerprint density at radius 1 is 1.09 bits per heavy atom. The molecule has 34 heavy (non-hydrogen) atoms. The molecule has 0 aromatic carbocycles. The lowest BCUT2D eigenvalue weighted by Crippen LogP contribution is -2.27. The molecule has 9 heteroatoms. The fourth-order valence-electron chi connectivity index (χ4n) is 4.71. The Bertz CT molecular complexity index is 1300. The monoisotopic (exact) mass is 472 g/mol. The molecule has 180 valence electrons. The highest BCUT2D eigenvalue weighted by Gasteiger charge is 2.42. The van der Waals surface area contributed by atoms with Crippen LogP contribution in [-0.2, 0) is 5.41 Å². The van der Waals surface area contributed by atoms with Gasteiger partial charge in [0.2, 0.25) is 0 Å². The van der Waals surface area contributed by atoms with Gasteiger partial charge >= 0.3 is 6.18 Å². The fourth-order valence-corrected chi connectivity index (χ4v) is 4.71. The number of aromatic amines is 1. The number of rotatable bonds is 3. The van der Waals surface area contributed by atoms with Crippen molar-refractivity contribution in [2.45, 2.75) is 64.0 Å². The molecule has 4 rings (SSSR count). The molecule has 1 aliphatic carbocycles. The summed E-state index contributed by atoms with van der Waals surface area (Å²) >= 11 is 0. The number of amides is 1. The number of carbonyl (C=O) groups excluding carboxylic acids is 1. The van der Waals surface area contributed by atoms with Gasteiger partial charge in [0.25, 0.3) is 5.91 Å². The first-order valence-corrected chi connectivity index (χ1v) is 11.3. The molecule has 0 unspecified atom stereocenters. The normalized spacial score (nSPS) is 19.4. The zero-order chi connectivity index (χ0) is 24.8. The van der Waals surface area contributed by atoms with Gasteiger partial charge < -0.3 is 10.7 Å². The van der Waals surface area contributed by atoms with E-state index in [2.05, 4.69) is 15.0 Å². The van der Waals surface area contributed by atoms with Gasteiger partial charge in [0.05, 0.1) is 22.5 Å². The van der Waals surface area contributed by atoms with Crippen LogP contribution in [0, 0.1) is 5.92 Å². The van der Waals surface area contributed by atoms with E-state index >= 15 is 0 Å². The molecule has 0 bridgehead atoms. The van der Waals surface area contributed by atoms with Crippen molar-refractivity contribution in [3.63, 3.8) is 0 Å². The molecule has 1 amide bonds. The average molecular weight is 473 g/mol. The molecule has 1 fully saturated rings. The van der Waals surface area contributed by atoms with E-state index in [9.17, 15) is 22.8 Å². The summed E-state index contributed by atoms with van der Waals surface area (Å²) in [7, 11) is 0. The Morgan fingerprint density at radius 3 is 2.35 bits per heavy atom. The van der Waals surface area contributed by atoms with E-state index in [0.29, 0.717) is 29.6 Å². The van der Waals surface area contributed by atoms with Gasteiger partial charge in [-0.05, 0) is 49.3 Å². The van der Waals surface area contributed by atoms with E-state index < -0.39 is 23.4 Å². The molecule has 3 N–H and O–H groups in total. The highest BCUT2D eigenvalue weighted by molar-refractivity contribution is 6.03. The highest BCUT2D eigenvalue weighted by atomic mass is 19.4. The fraction of sp³-hybridized carbons (Fsp3) is 0.440. The van der Waals surface area contributed by atoms with Gasteiger partial charge in [0.15, 0.2) is 5.43 Å². The van der Waals surface area contributed by atoms with Crippen LogP contribution in [-0.4, -0.2) is 27.0 Å². The number of alkyl halides is 3. The van der Waals surface area contributed by atoms with Crippen LogP contribution in [0.25, 0.3) is 22.2 Å². The molecule has 0 saturated heterocycles. The minimum absolute atomic E-state index is 0.0721. The first-order valence-electron chi connectivity index (χ1n) is 11.3. The molecule has 3 heterocycles. The van der Waals surface area contributed by atoms with E-state index in [1.165, 1.54) is 12.3 Å². The lowest BCUT2D eigenvalue weighted by molar-refractivity contribution is -0.182. The number of hydrogen-bond donors (Lipinski definition) is 2. The summed E-state index contributed by atoms with van der Waals surface area (Å²) in [6.45, 7) is 6.07. The van der Waals surface area contributed by atoms with E-state index in [-0.39, 0.29) is 35.3 Å². The van der Waals surface area contributed by atoms with Crippen LogP contribution in [0.15, 0.2) is 35.4 Å². The van der Waals surface area contributed by atoms with Crippen molar-refractivity contribution in [3.05, 3.63) is 57.8 Å². The number of nitrogens with zero attached hydrogens (tertiary/aromatic N) is 2. The first kappa shape index (κ1) is 23.9. The van der Waals surface area contributed by atoms with Crippen molar-refractivity contribution >= 4 is 16.8 Å². The number of aromatic nitrogens is 3. The van der Waals surface area contributed by atoms with Crippen LogP contribution in [0.3, 0.4) is 0 Å². The van der Waals surface area contributed by atoms with Crippen LogP contribution in [0.5, 0.6) is 0 Å². The summed E-state index contributed by atoms with van der Waals surface area (Å²) in [5.41, 5.74) is 7.84. The van der Waals surface area contributed by atoms with Crippen LogP contribution >= 0.6 is 0 Å². The van der Waals surface area contributed by atoms with Crippen molar-refractivity contribution in [1.82, 2.24) is 15.0 Å².